The Balaban J connectivity index is 1.38. The summed E-state index contributed by atoms with van der Waals surface area (Å²) in [6, 6.07) is 16.9. The third-order valence-corrected chi connectivity index (χ3v) is 5.71. The molecule has 0 radical (unpaired) electrons. The smallest absolute Gasteiger partial charge is 0.287 e. The lowest BCUT2D eigenvalue weighted by Crippen LogP contribution is -2.46. The summed E-state index contributed by atoms with van der Waals surface area (Å²) < 4.78 is 10.5. The normalized spacial score (nSPS) is 14.1. The van der Waals surface area contributed by atoms with Crippen molar-refractivity contribution in [1.82, 2.24) is 10.2 Å². The molecule has 0 saturated carbocycles. The monoisotopic (exact) mass is 433 g/mol. The van der Waals surface area contributed by atoms with E-state index in [9.17, 15) is 9.59 Å². The van der Waals surface area contributed by atoms with Gasteiger partial charge in [0.25, 0.3) is 11.8 Å². The number of aryl methyl sites for hydroxylation is 1. The van der Waals surface area contributed by atoms with Crippen molar-refractivity contribution in [2.75, 3.05) is 25.5 Å². The van der Waals surface area contributed by atoms with Crippen molar-refractivity contribution in [3.63, 3.8) is 0 Å². The molecule has 7 nitrogen and oxygen atoms in total. The molecule has 1 aliphatic rings. The molecule has 0 atom stereocenters. The summed E-state index contributed by atoms with van der Waals surface area (Å²) in [5, 5.41) is 6.35. The summed E-state index contributed by atoms with van der Waals surface area (Å²) >= 11 is 0. The van der Waals surface area contributed by atoms with E-state index in [0.717, 1.165) is 22.7 Å². The standard InChI is InChI=1S/C25H27N3O4/c1-17-13-16-32-23(17)24(29)27-19-11-14-28(15-12-19)25(30)21-5-3-4-6-22(21)26-18-7-9-20(31-2)10-8-18/h3-10,13,16,19,26H,11-12,14-15H2,1-2H3,(H,27,29). The lowest BCUT2D eigenvalue weighted by Gasteiger charge is -2.32. The van der Waals surface area contributed by atoms with Crippen molar-refractivity contribution < 1.29 is 18.7 Å². The topological polar surface area (TPSA) is 83.8 Å². The highest BCUT2D eigenvalue weighted by Crippen LogP contribution is 2.25. The van der Waals surface area contributed by atoms with Gasteiger partial charge in [-0.3, -0.25) is 9.59 Å². The number of anilines is 2. The van der Waals surface area contributed by atoms with E-state index in [2.05, 4.69) is 10.6 Å². The Morgan fingerprint density at radius 1 is 1.03 bits per heavy atom. The van der Waals surface area contributed by atoms with Gasteiger partial charge in [-0.2, -0.15) is 0 Å². The second-order valence-electron chi connectivity index (χ2n) is 7.87. The highest BCUT2D eigenvalue weighted by Gasteiger charge is 2.27. The molecule has 0 bridgehead atoms. The molecule has 2 aromatic carbocycles. The van der Waals surface area contributed by atoms with Crippen LogP contribution in [0.3, 0.4) is 0 Å². The number of piperidine rings is 1. The van der Waals surface area contributed by atoms with Crippen LogP contribution in [0.15, 0.2) is 65.3 Å². The Hall–Kier alpha value is -3.74. The zero-order valence-corrected chi connectivity index (χ0v) is 18.3. The van der Waals surface area contributed by atoms with Gasteiger partial charge in [-0.1, -0.05) is 12.1 Å². The molecule has 2 N–H and O–H groups in total. The largest absolute Gasteiger partial charge is 0.497 e. The molecule has 0 aliphatic carbocycles. The van der Waals surface area contributed by atoms with E-state index >= 15 is 0 Å². The van der Waals surface area contributed by atoms with Crippen molar-refractivity contribution in [1.29, 1.82) is 0 Å². The van der Waals surface area contributed by atoms with Crippen LogP contribution in [0.2, 0.25) is 0 Å². The van der Waals surface area contributed by atoms with Crippen LogP contribution in [-0.4, -0.2) is 43.0 Å². The molecule has 32 heavy (non-hydrogen) atoms. The highest BCUT2D eigenvalue weighted by atomic mass is 16.5. The summed E-state index contributed by atoms with van der Waals surface area (Å²) in [7, 11) is 1.63. The summed E-state index contributed by atoms with van der Waals surface area (Å²) in [5.74, 6) is 0.902. The zero-order valence-electron chi connectivity index (χ0n) is 18.3. The SMILES string of the molecule is COc1ccc(Nc2ccccc2C(=O)N2CCC(NC(=O)c3occc3C)CC2)cc1. The lowest BCUT2D eigenvalue weighted by molar-refractivity contribution is 0.0696. The maximum absolute atomic E-state index is 13.2. The Morgan fingerprint density at radius 2 is 1.75 bits per heavy atom. The Kier molecular flexibility index (Phi) is 6.44. The van der Waals surface area contributed by atoms with Crippen LogP contribution in [-0.2, 0) is 0 Å². The van der Waals surface area contributed by atoms with E-state index in [4.69, 9.17) is 9.15 Å². The number of carbonyl (C=O) groups is 2. The minimum Gasteiger partial charge on any atom is -0.497 e. The fourth-order valence-electron chi connectivity index (χ4n) is 3.86. The van der Waals surface area contributed by atoms with Crippen molar-refractivity contribution in [3.05, 3.63) is 77.7 Å². The Labute approximate surface area is 187 Å². The third kappa shape index (κ3) is 4.77. The van der Waals surface area contributed by atoms with Crippen LogP contribution in [0, 0.1) is 6.92 Å². The van der Waals surface area contributed by atoms with Crippen LogP contribution in [0.25, 0.3) is 0 Å². The first-order valence-electron chi connectivity index (χ1n) is 10.7. The van der Waals surface area contributed by atoms with Gasteiger partial charge in [0.2, 0.25) is 0 Å². The molecule has 0 spiro atoms. The van der Waals surface area contributed by atoms with Gasteiger partial charge in [-0.05, 0) is 62.2 Å². The number of para-hydroxylation sites is 1. The zero-order chi connectivity index (χ0) is 22.5. The number of benzene rings is 2. The molecular formula is C25H27N3O4. The number of rotatable bonds is 6. The quantitative estimate of drug-likeness (QED) is 0.603. The van der Waals surface area contributed by atoms with Gasteiger partial charge < -0.3 is 24.7 Å². The van der Waals surface area contributed by atoms with Crippen LogP contribution < -0.4 is 15.4 Å². The van der Waals surface area contributed by atoms with E-state index in [1.165, 1.54) is 6.26 Å². The van der Waals surface area contributed by atoms with Crippen LogP contribution in [0.1, 0.15) is 39.3 Å². The van der Waals surface area contributed by atoms with Gasteiger partial charge in [0.05, 0.1) is 24.6 Å². The highest BCUT2D eigenvalue weighted by molar-refractivity contribution is 6.00. The summed E-state index contributed by atoms with van der Waals surface area (Å²) in [6.07, 6.45) is 2.92. The first-order chi connectivity index (χ1) is 15.5. The minimum absolute atomic E-state index is 0.0173. The van der Waals surface area contributed by atoms with Gasteiger partial charge in [-0.25, -0.2) is 0 Å². The fraction of sp³-hybridized carbons (Fsp3) is 0.280. The fourth-order valence-corrected chi connectivity index (χ4v) is 3.86. The van der Waals surface area contributed by atoms with E-state index < -0.39 is 0 Å². The number of hydrogen-bond acceptors (Lipinski definition) is 5. The predicted octanol–water partition coefficient (Wildman–Crippen LogP) is 4.37. The molecular weight excluding hydrogens is 406 g/mol. The van der Waals surface area contributed by atoms with E-state index in [-0.39, 0.29) is 17.9 Å². The van der Waals surface area contributed by atoms with Crippen molar-refractivity contribution in [3.8, 4) is 5.75 Å². The van der Waals surface area contributed by atoms with E-state index in [1.54, 1.807) is 13.2 Å². The Morgan fingerprint density at radius 3 is 2.41 bits per heavy atom. The van der Waals surface area contributed by atoms with Crippen molar-refractivity contribution >= 4 is 23.2 Å². The molecule has 1 fully saturated rings. The van der Waals surface area contributed by atoms with Gasteiger partial charge in [-0.15, -0.1) is 0 Å². The second kappa shape index (κ2) is 9.60. The molecule has 1 saturated heterocycles. The molecule has 166 valence electrons. The maximum atomic E-state index is 13.2. The van der Waals surface area contributed by atoms with Crippen molar-refractivity contribution in [2.45, 2.75) is 25.8 Å². The number of ether oxygens (including phenoxy) is 1. The van der Waals surface area contributed by atoms with Gasteiger partial charge in [0.15, 0.2) is 5.76 Å². The van der Waals surface area contributed by atoms with Gasteiger partial charge >= 0.3 is 0 Å². The van der Waals surface area contributed by atoms with Crippen molar-refractivity contribution in [2.24, 2.45) is 0 Å². The minimum atomic E-state index is -0.202. The molecule has 0 unspecified atom stereocenters. The molecule has 1 aromatic heterocycles. The Bertz CT molecular complexity index is 1080. The molecule has 2 amide bonds. The first kappa shape index (κ1) is 21.5. The van der Waals surface area contributed by atoms with Crippen LogP contribution in [0.5, 0.6) is 5.75 Å². The number of furan rings is 1. The number of nitrogens with zero attached hydrogens (tertiary/aromatic N) is 1. The average molecular weight is 434 g/mol. The summed E-state index contributed by atoms with van der Waals surface area (Å²) in [6.45, 7) is 3.01. The number of carbonyl (C=O) groups excluding carboxylic acids is 2. The van der Waals surface area contributed by atoms with Gasteiger partial charge in [0, 0.05) is 30.4 Å². The molecule has 1 aliphatic heterocycles. The number of methoxy groups -OCH3 is 1. The van der Waals surface area contributed by atoms with Gasteiger partial charge in [0.1, 0.15) is 5.75 Å². The molecule has 4 rings (SSSR count). The maximum Gasteiger partial charge on any atom is 0.287 e. The molecule has 2 heterocycles. The number of nitrogens with one attached hydrogen (secondary N) is 2. The molecule has 7 heteroatoms. The summed E-state index contributed by atoms with van der Waals surface area (Å²) in [5.41, 5.74) is 3.07. The summed E-state index contributed by atoms with van der Waals surface area (Å²) in [4.78, 5) is 27.5. The van der Waals surface area contributed by atoms with Crippen LogP contribution in [0.4, 0.5) is 11.4 Å². The third-order valence-electron chi connectivity index (χ3n) is 5.71. The first-order valence-corrected chi connectivity index (χ1v) is 10.7. The van der Waals surface area contributed by atoms with E-state index in [1.807, 2.05) is 60.4 Å². The van der Waals surface area contributed by atoms with E-state index in [0.29, 0.717) is 37.3 Å². The second-order valence-corrected chi connectivity index (χ2v) is 7.87. The molecule has 3 aromatic rings. The number of amides is 2. The number of hydrogen-bond donors (Lipinski definition) is 2. The predicted molar refractivity (Wildman–Crippen MR) is 123 cm³/mol. The van der Waals surface area contributed by atoms with Crippen LogP contribution >= 0.6 is 0 Å². The average Bonchev–Trinajstić information content (AvgIpc) is 3.26. The lowest BCUT2D eigenvalue weighted by atomic mass is 10.0. The number of likely N-dealkylation sites (tertiary alicyclic amines) is 1.